The number of hydrogen-bond acceptors (Lipinski definition) is 4. The Morgan fingerprint density at radius 1 is 1.40 bits per heavy atom. The topological polar surface area (TPSA) is 69.0 Å². The molecule has 1 aromatic heterocycles. The average molecular weight is 345 g/mol. The molecule has 1 heterocycles. The van der Waals surface area contributed by atoms with Gasteiger partial charge >= 0.3 is 6.09 Å². The van der Waals surface area contributed by atoms with Crippen LogP contribution in [0.15, 0.2) is 10.8 Å². The van der Waals surface area contributed by atoms with Crippen LogP contribution in [0.25, 0.3) is 0 Å². The molecule has 20 heavy (non-hydrogen) atoms. The molecule has 1 saturated carbocycles. The van der Waals surface area contributed by atoms with E-state index >= 15 is 0 Å². The Kier molecular flexibility index (Phi) is 4.67. The van der Waals surface area contributed by atoms with Crippen LogP contribution >= 0.6 is 15.9 Å². The zero-order chi connectivity index (χ0) is 14.8. The van der Waals surface area contributed by atoms with E-state index in [4.69, 9.17) is 4.74 Å². The van der Waals surface area contributed by atoms with Crippen LogP contribution in [0.2, 0.25) is 0 Å². The van der Waals surface area contributed by atoms with E-state index in [-0.39, 0.29) is 12.1 Å². The second-order valence-corrected chi connectivity index (χ2v) is 6.99. The van der Waals surface area contributed by atoms with Crippen LogP contribution in [-0.4, -0.2) is 32.7 Å². The highest BCUT2D eigenvalue weighted by Gasteiger charge is 2.26. The third-order valence-electron chi connectivity index (χ3n) is 3.27. The molecule has 0 unspecified atom stereocenters. The third kappa shape index (κ3) is 4.47. The summed E-state index contributed by atoms with van der Waals surface area (Å²) in [6.07, 6.45) is 5.39. The standard InChI is InChI=1S/C13H21BrN4O2/c1-13(2,3)20-12(19)15-9-4-6-10(7-5-9)18-8-11(14)16-17-18/h8-10H,4-7H2,1-3H3,(H,15,19)/t9-,10+. The summed E-state index contributed by atoms with van der Waals surface area (Å²) < 4.78 is 7.92. The van der Waals surface area contributed by atoms with E-state index in [9.17, 15) is 4.79 Å². The molecular formula is C13H21BrN4O2. The predicted molar refractivity (Wildman–Crippen MR) is 78.4 cm³/mol. The van der Waals surface area contributed by atoms with Gasteiger partial charge in [0, 0.05) is 6.04 Å². The van der Waals surface area contributed by atoms with Gasteiger partial charge in [0.25, 0.3) is 0 Å². The fraction of sp³-hybridized carbons (Fsp3) is 0.769. The normalized spacial score (nSPS) is 23.4. The second kappa shape index (κ2) is 6.11. The van der Waals surface area contributed by atoms with Gasteiger partial charge in [0.15, 0.2) is 0 Å². The summed E-state index contributed by atoms with van der Waals surface area (Å²) >= 11 is 3.30. The number of carbonyl (C=O) groups is 1. The van der Waals surface area contributed by atoms with Crippen LogP contribution in [0.4, 0.5) is 4.79 Å². The number of hydrogen-bond donors (Lipinski definition) is 1. The number of alkyl carbamates (subject to hydrolysis) is 1. The van der Waals surface area contributed by atoms with Gasteiger partial charge in [-0.1, -0.05) is 5.21 Å². The van der Waals surface area contributed by atoms with Crippen LogP contribution in [0, 0.1) is 0 Å². The Balaban J connectivity index is 1.78. The SMILES string of the molecule is CC(C)(C)OC(=O)N[C@H]1CC[C@@H](n2cc(Br)nn2)CC1. The Morgan fingerprint density at radius 3 is 2.55 bits per heavy atom. The summed E-state index contributed by atoms with van der Waals surface area (Å²) in [6.45, 7) is 5.60. The van der Waals surface area contributed by atoms with E-state index in [0.29, 0.717) is 6.04 Å². The summed E-state index contributed by atoms with van der Waals surface area (Å²) in [5.74, 6) is 0. The molecule has 1 fully saturated rings. The number of amides is 1. The van der Waals surface area contributed by atoms with E-state index in [1.807, 2.05) is 31.6 Å². The molecular weight excluding hydrogens is 324 g/mol. The smallest absolute Gasteiger partial charge is 0.407 e. The molecule has 1 aliphatic rings. The molecule has 0 aliphatic heterocycles. The first kappa shape index (κ1) is 15.3. The van der Waals surface area contributed by atoms with Crippen molar-refractivity contribution in [3.05, 3.63) is 10.8 Å². The Morgan fingerprint density at radius 2 is 2.05 bits per heavy atom. The molecule has 7 heteroatoms. The lowest BCUT2D eigenvalue weighted by molar-refractivity contribution is 0.0487. The van der Waals surface area contributed by atoms with E-state index in [1.54, 1.807) is 0 Å². The first-order valence-electron chi connectivity index (χ1n) is 6.90. The van der Waals surface area contributed by atoms with Gasteiger partial charge in [-0.15, -0.1) is 5.10 Å². The molecule has 0 radical (unpaired) electrons. The number of nitrogens with one attached hydrogen (secondary N) is 1. The first-order valence-corrected chi connectivity index (χ1v) is 7.69. The van der Waals surface area contributed by atoms with E-state index in [1.165, 1.54) is 0 Å². The molecule has 0 atom stereocenters. The Bertz CT molecular complexity index is 461. The maximum absolute atomic E-state index is 11.7. The van der Waals surface area contributed by atoms with Crippen LogP contribution in [-0.2, 0) is 4.74 Å². The van der Waals surface area contributed by atoms with Gasteiger partial charge in [-0.05, 0) is 62.4 Å². The van der Waals surface area contributed by atoms with Crippen LogP contribution in [0.5, 0.6) is 0 Å². The van der Waals surface area contributed by atoms with Crippen molar-refractivity contribution in [1.82, 2.24) is 20.3 Å². The summed E-state index contributed by atoms with van der Waals surface area (Å²) in [6, 6.07) is 0.554. The van der Waals surface area contributed by atoms with Gasteiger partial charge in [-0.2, -0.15) is 0 Å². The van der Waals surface area contributed by atoms with Gasteiger partial charge < -0.3 is 10.1 Å². The summed E-state index contributed by atoms with van der Waals surface area (Å²) in [4.78, 5) is 11.7. The minimum atomic E-state index is -0.450. The minimum absolute atomic E-state index is 0.188. The van der Waals surface area contributed by atoms with E-state index in [2.05, 4.69) is 31.6 Å². The molecule has 1 aliphatic carbocycles. The first-order chi connectivity index (χ1) is 9.33. The Hall–Kier alpha value is -1.11. The highest BCUT2D eigenvalue weighted by atomic mass is 79.9. The minimum Gasteiger partial charge on any atom is -0.444 e. The number of rotatable bonds is 2. The number of ether oxygens (including phenoxy) is 1. The zero-order valence-electron chi connectivity index (χ0n) is 12.1. The molecule has 112 valence electrons. The zero-order valence-corrected chi connectivity index (χ0v) is 13.7. The average Bonchev–Trinajstić information content (AvgIpc) is 2.74. The highest BCUT2D eigenvalue weighted by Crippen LogP contribution is 2.28. The molecule has 1 amide bonds. The van der Waals surface area contributed by atoms with Crippen LogP contribution in [0.3, 0.4) is 0 Å². The van der Waals surface area contributed by atoms with Crippen molar-refractivity contribution >= 4 is 22.0 Å². The van der Waals surface area contributed by atoms with Crippen molar-refractivity contribution in [1.29, 1.82) is 0 Å². The van der Waals surface area contributed by atoms with Crippen LogP contribution < -0.4 is 5.32 Å². The van der Waals surface area contributed by atoms with Gasteiger partial charge in [0.1, 0.15) is 10.2 Å². The van der Waals surface area contributed by atoms with Crippen molar-refractivity contribution in [3.8, 4) is 0 Å². The molecule has 0 aromatic carbocycles. The van der Waals surface area contributed by atoms with Crippen molar-refractivity contribution in [3.63, 3.8) is 0 Å². The molecule has 0 saturated heterocycles. The summed E-state index contributed by atoms with van der Waals surface area (Å²) in [5, 5.41) is 11.0. The predicted octanol–water partition coefficient (Wildman–Crippen LogP) is 3.05. The molecule has 2 rings (SSSR count). The maximum atomic E-state index is 11.7. The maximum Gasteiger partial charge on any atom is 0.407 e. The lowest BCUT2D eigenvalue weighted by Crippen LogP contribution is -2.41. The van der Waals surface area contributed by atoms with Crippen molar-refractivity contribution in [2.45, 2.75) is 64.1 Å². The number of aromatic nitrogens is 3. The molecule has 0 spiro atoms. The van der Waals surface area contributed by atoms with Crippen molar-refractivity contribution in [2.75, 3.05) is 0 Å². The highest BCUT2D eigenvalue weighted by molar-refractivity contribution is 9.10. The van der Waals surface area contributed by atoms with Gasteiger partial charge in [0.2, 0.25) is 0 Å². The van der Waals surface area contributed by atoms with Gasteiger partial charge in [-0.3, -0.25) is 0 Å². The van der Waals surface area contributed by atoms with Crippen molar-refractivity contribution < 1.29 is 9.53 Å². The van der Waals surface area contributed by atoms with Crippen molar-refractivity contribution in [2.24, 2.45) is 0 Å². The number of nitrogens with zero attached hydrogens (tertiary/aromatic N) is 3. The Labute approximate surface area is 127 Å². The lowest BCUT2D eigenvalue weighted by Gasteiger charge is -2.29. The third-order valence-corrected chi connectivity index (χ3v) is 3.64. The monoisotopic (exact) mass is 344 g/mol. The summed E-state index contributed by atoms with van der Waals surface area (Å²) in [7, 11) is 0. The van der Waals surface area contributed by atoms with E-state index < -0.39 is 5.60 Å². The molecule has 0 bridgehead atoms. The van der Waals surface area contributed by atoms with Gasteiger partial charge in [-0.25, -0.2) is 9.48 Å². The van der Waals surface area contributed by atoms with Gasteiger partial charge in [0.05, 0.1) is 12.2 Å². The molecule has 1 aromatic rings. The summed E-state index contributed by atoms with van der Waals surface area (Å²) in [5.41, 5.74) is -0.450. The second-order valence-electron chi connectivity index (χ2n) is 6.17. The number of carbonyl (C=O) groups excluding carboxylic acids is 1. The fourth-order valence-electron chi connectivity index (χ4n) is 2.39. The lowest BCUT2D eigenvalue weighted by atomic mass is 9.91. The quantitative estimate of drug-likeness (QED) is 0.895. The molecule has 6 nitrogen and oxygen atoms in total. The number of halogens is 1. The largest absolute Gasteiger partial charge is 0.444 e. The van der Waals surface area contributed by atoms with Crippen LogP contribution in [0.1, 0.15) is 52.5 Å². The molecule has 1 N–H and O–H groups in total. The fourth-order valence-corrected chi connectivity index (χ4v) is 2.67. The van der Waals surface area contributed by atoms with E-state index in [0.717, 1.165) is 30.3 Å².